The van der Waals surface area contributed by atoms with Crippen LogP contribution in [0.3, 0.4) is 0 Å². The first-order chi connectivity index (χ1) is 19.7. The highest BCUT2D eigenvalue weighted by Crippen LogP contribution is 2.18. The van der Waals surface area contributed by atoms with E-state index in [1.807, 2.05) is 37.2 Å². The summed E-state index contributed by atoms with van der Waals surface area (Å²) < 4.78 is 0. The lowest BCUT2D eigenvalue weighted by Crippen LogP contribution is -2.41. The Morgan fingerprint density at radius 2 is 1.95 bits per heavy atom. The molecule has 11 nitrogen and oxygen atoms in total. The molecule has 1 unspecified atom stereocenters. The first-order valence-electron chi connectivity index (χ1n) is 13.3. The van der Waals surface area contributed by atoms with Gasteiger partial charge < -0.3 is 31.9 Å². The van der Waals surface area contributed by atoms with Crippen LogP contribution in [0.4, 0.5) is 17.5 Å². The summed E-state index contributed by atoms with van der Waals surface area (Å²) in [5.41, 5.74) is 7.89. The Kier molecular flexibility index (Phi) is 11.6. The van der Waals surface area contributed by atoms with Crippen molar-refractivity contribution in [3.63, 3.8) is 0 Å². The Balaban J connectivity index is 1.56. The van der Waals surface area contributed by atoms with Crippen molar-refractivity contribution in [2.45, 2.75) is 25.8 Å². The molecule has 11 heteroatoms. The summed E-state index contributed by atoms with van der Waals surface area (Å²) in [5.74, 6) is 6.20. The minimum absolute atomic E-state index is 0.0943. The molecule has 0 saturated heterocycles. The molecule has 1 aliphatic rings. The van der Waals surface area contributed by atoms with E-state index >= 15 is 0 Å². The lowest BCUT2D eigenvalue weighted by Gasteiger charge is -2.16. The van der Waals surface area contributed by atoms with Crippen molar-refractivity contribution in [3.8, 4) is 11.8 Å². The van der Waals surface area contributed by atoms with Crippen molar-refractivity contribution in [2.24, 2.45) is 5.73 Å². The molecule has 0 bridgehead atoms. The normalized spacial score (nSPS) is 14.1. The Bertz CT molecular complexity index is 1380. The lowest BCUT2D eigenvalue weighted by atomic mass is 10.0. The number of likely N-dealkylation sites (N-methyl/N-ethyl adjacent to an activating group) is 1. The number of carbonyl (C=O) groups is 3. The number of carbonyl (C=O) groups excluding carboxylic acids is 3. The van der Waals surface area contributed by atoms with Gasteiger partial charge in [0.2, 0.25) is 23.7 Å². The molecule has 1 atom stereocenters. The summed E-state index contributed by atoms with van der Waals surface area (Å²) in [6, 6.07) is 6.55. The third-order valence-corrected chi connectivity index (χ3v) is 5.71. The molecule has 214 valence electrons. The number of nitrogens with zero attached hydrogens (tertiary/aromatic N) is 3. The molecule has 0 radical (unpaired) electrons. The molecule has 2 aromatic rings. The van der Waals surface area contributed by atoms with E-state index in [-0.39, 0.29) is 24.4 Å². The average Bonchev–Trinajstić information content (AvgIpc) is 2.95. The Morgan fingerprint density at radius 3 is 2.61 bits per heavy atom. The van der Waals surface area contributed by atoms with Crippen LogP contribution in [-0.2, 0) is 9.59 Å². The highest BCUT2D eigenvalue weighted by atomic mass is 16.2. The second kappa shape index (κ2) is 15.6. The van der Waals surface area contributed by atoms with Crippen molar-refractivity contribution < 1.29 is 14.4 Å². The summed E-state index contributed by atoms with van der Waals surface area (Å²) >= 11 is 0. The minimum Gasteiger partial charge on any atom is -0.369 e. The zero-order chi connectivity index (χ0) is 29.6. The number of nitrogens with one attached hydrogen (secondary N) is 4. The van der Waals surface area contributed by atoms with E-state index in [1.54, 1.807) is 36.5 Å². The summed E-state index contributed by atoms with van der Waals surface area (Å²) in [5, 5.41) is 11.9. The predicted octanol–water partition coefficient (Wildman–Crippen LogP) is 2.10. The van der Waals surface area contributed by atoms with Crippen LogP contribution < -0.4 is 27.0 Å². The first kappa shape index (κ1) is 30.6. The van der Waals surface area contributed by atoms with Gasteiger partial charge in [0, 0.05) is 36.0 Å². The molecule has 1 aliphatic carbocycles. The summed E-state index contributed by atoms with van der Waals surface area (Å²) in [6.45, 7) is 3.33. The molecule has 3 rings (SSSR count). The van der Waals surface area contributed by atoms with Crippen molar-refractivity contribution in [1.82, 2.24) is 25.5 Å². The molecule has 0 aliphatic heterocycles. The van der Waals surface area contributed by atoms with E-state index in [2.05, 4.69) is 50.0 Å². The molecule has 1 aromatic heterocycles. The van der Waals surface area contributed by atoms with Gasteiger partial charge in [-0.25, -0.2) is 4.98 Å². The van der Waals surface area contributed by atoms with Crippen LogP contribution in [0.5, 0.6) is 0 Å². The SMILES string of the molecule is CCCNc1nc(Nc2ccc(C(N)=O)cc2)ncc1C#CC1=CCC(NC(=O)CNC(=O)/C=C/CN(C)C)C=C1. The first-order valence-corrected chi connectivity index (χ1v) is 13.3. The van der Waals surface area contributed by atoms with Gasteiger partial charge in [0.05, 0.1) is 24.3 Å². The highest BCUT2D eigenvalue weighted by Gasteiger charge is 2.12. The third kappa shape index (κ3) is 10.6. The van der Waals surface area contributed by atoms with Gasteiger partial charge in [-0.1, -0.05) is 37.0 Å². The van der Waals surface area contributed by atoms with Crippen LogP contribution in [0.2, 0.25) is 0 Å². The predicted molar refractivity (Wildman–Crippen MR) is 160 cm³/mol. The van der Waals surface area contributed by atoms with Crippen LogP contribution in [0.25, 0.3) is 0 Å². The van der Waals surface area contributed by atoms with Gasteiger partial charge in [-0.2, -0.15) is 4.98 Å². The maximum Gasteiger partial charge on any atom is 0.248 e. The smallest absolute Gasteiger partial charge is 0.248 e. The van der Waals surface area contributed by atoms with Gasteiger partial charge in [0.15, 0.2) is 0 Å². The molecule has 3 amide bonds. The second-order valence-electron chi connectivity index (χ2n) is 9.51. The largest absolute Gasteiger partial charge is 0.369 e. The zero-order valence-electron chi connectivity index (χ0n) is 23.5. The van der Waals surface area contributed by atoms with Gasteiger partial charge in [-0.05, 0) is 57.3 Å². The fraction of sp³-hybridized carbons (Fsp3) is 0.300. The van der Waals surface area contributed by atoms with Gasteiger partial charge in [0.25, 0.3) is 0 Å². The van der Waals surface area contributed by atoms with Crippen molar-refractivity contribution in [3.05, 3.63) is 77.5 Å². The molecule has 1 aromatic carbocycles. The van der Waals surface area contributed by atoms with E-state index in [0.29, 0.717) is 41.5 Å². The highest BCUT2D eigenvalue weighted by molar-refractivity contribution is 5.93. The van der Waals surface area contributed by atoms with Crippen molar-refractivity contribution in [2.75, 3.05) is 44.4 Å². The second-order valence-corrected chi connectivity index (χ2v) is 9.51. The quantitative estimate of drug-likeness (QED) is 0.197. The monoisotopic (exact) mass is 556 g/mol. The van der Waals surface area contributed by atoms with Gasteiger partial charge in [0.1, 0.15) is 5.82 Å². The number of amides is 3. The van der Waals surface area contributed by atoms with Gasteiger partial charge >= 0.3 is 0 Å². The summed E-state index contributed by atoms with van der Waals surface area (Å²) in [6.07, 6.45) is 12.0. The van der Waals surface area contributed by atoms with Crippen molar-refractivity contribution >= 4 is 35.2 Å². The number of benzene rings is 1. The Hall–Kier alpha value is -4.95. The summed E-state index contributed by atoms with van der Waals surface area (Å²) in [7, 11) is 3.81. The zero-order valence-corrected chi connectivity index (χ0v) is 23.5. The molecule has 0 spiro atoms. The molecule has 6 N–H and O–H groups in total. The van der Waals surface area contributed by atoms with E-state index in [9.17, 15) is 14.4 Å². The van der Waals surface area contributed by atoms with E-state index in [0.717, 1.165) is 18.5 Å². The van der Waals surface area contributed by atoms with Crippen LogP contribution >= 0.6 is 0 Å². The van der Waals surface area contributed by atoms with Crippen LogP contribution in [0.15, 0.2) is 66.4 Å². The number of hydrogen-bond donors (Lipinski definition) is 5. The standard InChI is InChI=1S/C30H36N8O3/c1-4-17-32-29-23(19-34-30(37-29)36-25-15-11-22(12-16-25)28(31)41)10-7-21-8-13-24(14-9-21)35-27(40)20-33-26(39)6-5-18-38(2)3/h5-6,8-9,11-13,15-16,19,24H,4,14,17-18,20H2,1-3H3,(H2,31,41)(H,33,39)(H,35,40)(H2,32,34,36,37)/b6-5+. The van der Waals surface area contributed by atoms with Crippen molar-refractivity contribution in [1.29, 1.82) is 0 Å². The Labute approximate surface area is 240 Å². The topological polar surface area (TPSA) is 154 Å². The molecule has 41 heavy (non-hydrogen) atoms. The number of aromatic nitrogens is 2. The van der Waals surface area contributed by atoms with Crippen LogP contribution in [0.1, 0.15) is 35.7 Å². The number of allylic oxidation sites excluding steroid dienone is 2. The van der Waals surface area contributed by atoms with Crippen LogP contribution in [0, 0.1) is 11.8 Å². The number of anilines is 3. The molecule has 1 heterocycles. The molecule has 0 fully saturated rings. The van der Waals surface area contributed by atoms with E-state index < -0.39 is 5.91 Å². The third-order valence-electron chi connectivity index (χ3n) is 5.71. The number of hydrogen-bond acceptors (Lipinski definition) is 8. The fourth-order valence-corrected chi connectivity index (χ4v) is 3.57. The minimum atomic E-state index is -0.491. The van der Waals surface area contributed by atoms with Crippen LogP contribution in [-0.4, -0.2) is 72.4 Å². The molecular formula is C30H36N8O3. The summed E-state index contributed by atoms with van der Waals surface area (Å²) in [4.78, 5) is 46.2. The van der Waals surface area contributed by atoms with Gasteiger partial charge in [-0.15, -0.1) is 0 Å². The number of primary amides is 1. The number of rotatable bonds is 12. The van der Waals surface area contributed by atoms with E-state index in [1.165, 1.54) is 6.08 Å². The lowest BCUT2D eigenvalue weighted by molar-refractivity contribution is -0.124. The average molecular weight is 557 g/mol. The maximum atomic E-state index is 12.2. The maximum absolute atomic E-state index is 12.2. The van der Waals surface area contributed by atoms with Gasteiger partial charge in [-0.3, -0.25) is 14.4 Å². The number of nitrogens with two attached hydrogens (primary N) is 1. The fourth-order valence-electron chi connectivity index (χ4n) is 3.57. The van der Waals surface area contributed by atoms with E-state index in [4.69, 9.17) is 5.73 Å². The molecule has 0 saturated carbocycles. The Morgan fingerprint density at radius 1 is 1.17 bits per heavy atom. The molecular weight excluding hydrogens is 520 g/mol.